The molecule has 8 heavy (non-hydrogen) atoms. The molecule has 0 aromatic heterocycles. The molecule has 0 aliphatic rings. The predicted molar refractivity (Wildman–Crippen MR) is 41.2 cm³/mol. The smallest absolute Gasteiger partial charge is 0.191 e. The van der Waals surface area contributed by atoms with E-state index in [4.69, 9.17) is 40.5 Å². The minimum absolute atomic E-state index is 0. The van der Waals surface area contributed by atoms with Crippen molar-refractivity contribution in [2.45, 2.75) is 10.2 Å². The van der Waals surface area contributed by atoms with Gasteiger partial charge in [-0.1, -0.05) is 34.8 Å². The Hall–Kier alpha value is 1.12. The highest BCUT2D eigenvalue weighted by molar-refractivity contribution is 6.67. The van der Waals surface area contributed by atoms with Gasteiger partial charge in [0.2, 0.25) is 0 Å². The molecule has 52 valence electrons. The lowest BCUT2D eigenvalue weighted by Gasteiger charge is -2.05. The first-order valence-corrected chi connectivity index (χ1v) is 2.96. The minimum atomic E-state index is -1.16. The molecule has 0 unspecified atom stereocenters. The Balaban J connectivity index is 0. The molecule has 0 aliphatic heterocycles. The van der Waals surface area contributed by atoms with Gasteiger partial charge in [0.1, 0.15) is 0 Å². The Kier molecular flexibility index (Phi) is 7.34. The molecule has 0 saturated heterocycles. The average Bonchev–Trinajstić information content (AvgIpc) is 1.30. The van der Waals surface area contributed by atoms with Crippen LogP contribution in [0.1, 0.15) is 6.42 Å². The predicted octanol–water partition coefficient (Wildman–Crippen LogP) is 2.13. The SMILES string of the molecule is Cl.NCCC(Cl)(Cl)Cl. The van der Waals surface area contributed by atoms with E-state index in [1.807, 2.05) is 0 Å². The Morgan fingerprint density at radius 2 is 1.62 bits per heavy atom. The molecule has 2 N–H and O–H groups in total. The summed E-state index contributed by atoms with van der Waals surface area (Å²) in [6.45, 7) is 0.413. The first-order valence-electron chi connectivity index (χ1n) is 1.83. The second-order valence-electron chi connectivity index (χ2n) is 1.15. The van der Waals surface area contributed by atoms with E-state index in [0.29, 0.717) is 13.0 Å². The molecule has 0 spiro atoms. The number of hydrogen-bond acceptors (Lipinski definition) is 1. The summed E-state index contributed by atoms with van der Waals surface area (Å²) in [6.07, 6.45) is 0.414. The third kappa shape index (κ3) is 10.2. The number of halogens is 4. The van der Waals surface area contributed by atoms with Crippen LogP contribution in [0.15, 0.2) is 0 Å². The molecule has 0 radical (unpaired) electrons. The first-order chi connectivity index (χ1) is 3.06. The van der Waals surface area contributed by atoms with Crippen LogP contribution in [0.3, 0.4) is 0 Å². The summed E-state index contributed by atoms with van der Waals surface area (Å²) in [7, 11) is 0. The maximum absolute atomic E-state index is 5.28. The van der Waals surface area contributed by atoms with E-state index in [1.54, 1.807) is 0 Å². The van der Waals surface area contributed by atoms with Gasteiger partial charge in [-0.3, -0.25) is 0 Å². The second kappa shape index (κ2) is 4.95. The van der Waals surface area contributed by atoms with Crippen molar-refractivity contribution in [1.29, 1.82) is 0 Å². The van der Waals surface area contributed by atoms with Gasteiger partial charge in [0.25, 0.3) is 0 Å². The first kappa shape index (κ1) is 11.9. The summed E-state index contributed by atoms with van der Waals surface area (Å²) in [5.74, 6) is 0. The summed E-state index contributed by atoms with van der Waals surface area (Å²) in [5, 5.41) is 0. The standard InChI is InChI=1S/C3H6Cl3N.ClH/c4-3(5,6)1-2-7;/h1-2,7H2;1H. The largest absolute Gasteiger partial charge is 0.330 e. The van der Waals surface area contributed by atoms with Gasteiger partial charge in [0.15, 0.2) is 3.79 Å². The zero-order chi connectivity index (χ0) is 5.91. The van der Waals surface area contributed by atoms with E-state index >= 15 is 0 Å². The molecule has 0 rings (SSSR count). The molecule has 0 aromatic rings. The van der Waals surface area contributed by atoms with Crippen molar-refractivity contribution in [2.75, 3.05) is 6.54 Å². The van der Waals surface area contributed by atoms with Gasteiger partial charge in [-0.25, -0.2) is 0 Å². The third-order valence-corrected chi connectivity index (χ3v) is 0.995. The molecule has 0 heterocycles. The molecule has 5 heteroatoms. The highest BCUT2D eigenvalue weighted by atomic mass is 35.6. The second-order valence-corrected chi connectivity index (χ2v) is 3.67. The van der Waals surface area contributed by atoms with Crippen molar-refractivity contribution in [3.05, 3.63) is 0 Å². The number of hydrogen-bond donors (Lipinski definition) is 1. The summed E-state index contributed by atoms with van der Waals surface area (Å²) < 4.78 is -1.16. The quantitative estimate of drug-likeness (QED) is 0.643. The summed E-state index contributed by atoms with van der Waals surface area (Å²) in [6, 6.07) is 0. The molecule has 0 atom stereocenters. The zero-order valence-electron chi connectivity index (χ0n) is 4.03. The van der Waals surface area contributed by atoms with Crippen LogP contribution >= 0.6 is 47.2 Å². The van der Waals surface area contributed by atoms with Gasteiger partial charge < -0.3 is 5.73 Å². The summed E-state index contributed by atoms with van der Waals surface area (Å²) >= 11 is 15.9. The van der Waals surface area contributed by atoms with Crippen molar-refractivity contribution < 1.29 is 0 Å². The molecule has 1 nitrogen and oxygen atoms in total. The zero-order valence-corrected chi connectivity index (χ0v) is 7.12. The number of rotatable bonds is 1. The van der Waals surface area contributed by atoms with Gasteiger partial charge in [0, 0.05) is 6.42 Å². The van der Waals surface area contributed by atoms with Gasteiger partial charge in [-0.15, -0.1) is 12.4 Å². The van der Waals surface area contributed by atoms with E-state index in [0.717, 1.165) is 0 Å². The van der Waals surface area contributed by atoms with E-state index in [-0.39, 0.29) is 12.4 Å². The van der Waals surface area contributed by atoms with Gasteiger partial charge >= 0.3 is 0 Å². The maximum atomic E-state index is 5.28. The molecule has 0 aliphatic carbocycles. The van der Waals surface area contributed by atoms with Crippen LogP contribution in [0.2, 0.25) is 0 Å². The van der Waals surface area contributed by atoms with Gasteiger partial charge in [0.05, 0.1) is 0 Å². The van der Waals surface area contributed by atoms with E-state index in [2.05, 4.69) is 0 Å². The Labute approximate surface area is 69.9 Å². The van der Waals surface area contributed by atoms with Crippen molar-refractivity contribution in [1.82, 2.24) is 0 Å². The van der Waals surface area contributed by atoms with E-state index in [9.17, 15) is 0 Å². The van der Waals surface area contributed by atoms with Crippen molar-refractivity contribution >= 4 is 47.2 Å². The fraction of sp³-hybridized carbons (Fsp3) is 1.00. The molecule has 0 aromatic carbocycles. The van der Waals surface area contributed by atoms with E-state index < -0.39 is 3.79 Å². The Bertz CT molecular complexity index is 49.7. The third-order valence-electron chi connectivity index (χ3n) is 0.428. The number of alkyl halides is 3. The summed E-state index contributed by atoms with van der Waals surface area (Å²) in [4.78, 5) is 0. The lowest BCUT2D eigenvalue weighted by Crippen LogP contribution is -2.10. The van der Waals surface area contributed by atoms with E-state index in [1.165, 1.54) is 0 Å². The van der Waals surface area contributed by atoms with Gasteiger partial charge in [-0.05, 0) is 6.54 Å². The van der Waals surface area contributed by atoms with Crippen molar-refractivity contribution in [3.8, 4) is 0 Å². The molecule has 0 amide bonds. The Morgan fingerprint density at radius 3 is 1.62 bits per heavy atom. The van der Waals surface area contributed by atoms with Crippen LogP contribution < -0.4 is 5.73 Å². The van der Waals surface area contributed by atoms with Crippen LogP contribution in [0.25, 0.3) is 0 Å². The summed E-state index contributed by atoms with van der Waals surface area (Å²) in [5.41, 5.74) is 5.06. The topological polar surface area (TPSA) is 26.0 Å². The maximum Gasteiger partial charge on any atom is 0.191 e. The van der Waals surface area contributed by atoms with Crippen LogP contribution in [0, 0.1) is 0 Å². The van der Waals surface area contributed by atoms with Crippen LogP contribution in [-0.4, -0.2) is 10.3 Å². The molecule has 0 bridgehead atoms. The normalized spacial score (nSPS) is 10.5. The minimum Gasteiger partial charge on any atom is -0.330 e. The Morgan fingerprint density at radius 1 is 1.25 bits per heavy atom. The lowest BCUT2D eigenvalue weighted by molar-refractivity contribution is 0.864. The van der Waals surface area contributed by atoms with Crippen LogP contribution in [0.5, 0.6) is 0 Å². The highest BCUT2D eigenvalue weighted by Gasteiger charge is 2.16. The van der Waals surface area contributed by atoms with Crippen LogP contribution in [-0.2, 0) is 0 Å². The highest BCUT2D eigenvalue weighted by Crippen LogP contribution is 2.28. The fourth-order valence-electron chi connectivity index (χ4n) is 0.164. The van der Waals surface area contributed by atoms with Crippen molar-refractivity contribution in [3.63, 3.8) is 0 Å². The molecule has 0 fully saturated rings. The molecular formula is C3H7Cl4N. The van der Waals surface area contributed by atoms with Crippen LogP contribution in [0.4, 0.5) is 0 Å². The fourth-order valence-corrected chi connectivity index (χ4v) is 0.491. The van der Waals surface area contributed by atoms with Gasteiger partial charge in [-0.2, -0.15) is 0 Å². The monoisotopic (exact) mass is 197 g/mol. The average molecular weight is 199 g/mol. The van der Waals surface area contributed by atoms with Crippen molar-refractivity contribution in [2.24, 2.45) is 5.73 Å². The number of nitrogens with two attached hydrogens (primary N) is 1. The molecular weight excluding hydrogens is 192 g/mol. The molecule has 0 saturated carbocycles. The lowest BCUT2D eigenvalue weighted by atomic mass is 10.5.